The topological polar surface area (TPSA) is 45.7 Å². The molecule has 1 saturated carbocycles. The summed E-state index contributed by atoms with van der Waals surface area (Å²) in [6, 6.07) is 6.09. The van der Waals surface area contributed by atoms with Gasteiger partial charge in [0.15, 0.2) is 5.96 Å². The quantitative estimate of drug-likeness (QED) is 0.293. The van der Waals surface area contributed by atoms with Crippen LogP contribution >= 0.6 is 24.0 Å². The van der Waals surface area contributed by atoms with Crippen LogP contribution in [0.5, 0.6) is 5.75 Å². The first-order chi connectivity index (χ1) is 10.3. The van der Waals surface area contributed by atoms with E-state index in [1.807, 2.05) is 0 Å². The Morgan fingerprint density at radius 1 is 1.27 bits per heavy atom. The Morgan fingerprint density at radius 2 is 2.00 bits per heavy atom. The number of nitrogens with zero attached hydrogens (tertiary/aromatic N) is 1. The molecule has 0 aliphatic heterocycles. The van der Waals surface area contributed by atoms with Gasteiger partial charge in [0.2, 0.25) is 0 Å². The van der Waals surface area contributed by atoms with Crippen molar-refractivity contribution in [2.24, 2.45) is 10.9 Å². The fraction of sp³-hybridized carbons (Fsp3) is 0.562. The van der Waals surface area contributed by atoms with E-state index in [0.29, 0.717) is 12.4 Å². The average Bonchev–Trinajstić information content (AvgIpc) is 3.30. The number of nitrogens with one attached hydrogen (secondary N) is 2. The van der Waals surface area contributed by atoms with Gasteiger partial charge in [-0.1, -0.05) is 0 Å². The molecule has 124 valence electrons. The van der Waals surface area contributed by atoms with Crippen LogP contribution in [0.25, 0.3) is 0 Å². The zero-order chi connectivity index (χ0) is 14.9. The van der Waals surface area contributed by atoms with Gasteiger partial charge < -0.3 is 15.4 Å². The molecule has 0 aromatic heterocycles. The van der Waals surface area contributed by atoms with Crippen LogP contribution in [-0.4, -0.2) is 32.2 Å². The molecule has 1 aromatic carbocycles. The molecule has 22 heavy (non-hydrogen) atoms. The van der Waals surface area contributed by atoms with E-state index in [1.54, 1.807) is 12.1 Å². The first-order valence-electron chi connectivity index (χ1n) is 7.68. The van der Waals surface area contributed by atoms with Gasteiger partial charge in [-0.15, -0.1) is 24.0 Å². The van der Waals surface area contributed by atoms with E-state index in [1.165, 1.54) is 25.0 Å². The van der Waals surface area contributed by atoms with Crippen LogP contribution in [0.15, 0.2) is 29.3 Å². The molecule has 1 aliphatic carbocycles. The summed E-state index contributed by atoms with van der Waals surface area (Å²) in [4.78, 5) is 4.55. The van der Waals surface area contributed by atoms with Gasteiger partial charge in [-0.2, -0.15) is 0 Å². The van der Waals surface area contributed by atoms with E-state index >= 15 is 0 Å². The minimum absolute atomic E-state index is 0. The van der Waals surface area contributed by atoms with Gasteiger partial charge in [0.05, 0.1) is 6.61 Å². The van der Waals surface area contributed by atoms with Crippen LogP contribution in [-0.2, 0) is 0 Å². The van der Waals surface area contributed by atoms with Gasteiger partial charge in [0.25, 0.3) is 0 Å². The summed E-state index contributed by atoms with van der Waals surface area (Å²) in [5.74, 6) is 2.13. The highest BCUT2D eigenvalue weighted by Crippen LogP contribution is 2.28. The van der Waals surface area contributed by atoms with Crippen LogP contribution in [0, 0.1) is 11.7 Å². The third kappa shape index (κ3) is 7.82. The smallest absolute Gasteiger partial charge is 0.191 e. The monoisotopic (exact) mass is 421 g/mol. The fourth-order valence-corrected chi connectivity index (χ4v) is 1.86. The maximum atomic E-state index is 12.7. The van der Waals surface area contributed by atoms with E-state index in [4.69, 9.17) is 4.74 Å². The molecule has 0 saturated heterocycles. The van der Waals surface area contributed by atoms with Crippen molar-refractivity contribution in [2.45, 2.75) is 26.2 Å². The lowest BCUT2D eigenvalue weighted by Crippen LogP contribution is -2.38. The molecule has 0 amide bonds. The van der Waals surface area contributed by atoms with Crippen molar-refractivity contribution >= 4 is 29.9 Å². The minimum Gasteiger partial charge on any atom is -0.494 e. The molecule has 0 radical (unpaired) electrons. The number of ether oxygens (including phenoxy) is 1. The van der Waals surface area contributed by atoms with Crippen LogP contribution in [0.2, 0.25) is 0 Å². The number of guanidine groups is 1. The number of rotatable bonds is 8. The Hall–Kier alpha value is -1.05. The van der Waals surface area contributed by atoms with E-state index in [2.05, 4.69) is 22.5 Å². The summed E-state index contributed by atoms with van der Waals surface area (Å²) in [5.41, 5.74) is 0. The Balaban J connectivity index is 0.00000242. The Kier molecular flexibility index (Phi) is 9.19. The standard InChI is InChI=1S/C16H24FN3O.HI/c1-2-18-16(20-12-13-4-5-13)19-10-3-11-21-15-8-6-14(17)7-9-15;/h6-9,13H,2-5,10-12H2,1H3,(H2,18,19,20);1H. The maximum absolute atomic E-state index is 12.7. The first-order valence-corrected chi connectivity index (χ1v) is 7.68. The lowest BCUT2D eigenvalue weighted by Gasteiger charge is -2.11. The molecule has 0 heterocycles. The van der Waals surface area contributed by atoms with Gasteiger partial charge in [0.1, 0.15) is 11.6 Å². The van der Waals surface area contributed by atoms with Gasteiger partial charge >= 0.3 is 0 Å². The molecule has 1 aromatic rings. The largest absolute Gasteiger partial charge is 0.494 e. The Bertz CT molecular complexity index is 449. The van der Waals surface area contributed by atoms with Crippen molar-refractivity contribution in [1.82, 2.24) is 10.6 Å². The minimum atomic E-state index is -0.244. The van der Waals surface area contributed by atoms with Gasteiger partial charge in [-0.25, -0.2) is 4.39 Å². The zero-order valence-corrected chi connectivity index (χ0v) is 15.3. The van der Waals surface area contributed by atoms with E-state index in [-0.39, 0.29) is 29.8 Å². The van der Waals surface area contributed by atoms with Crippen molar-refractivity contribution in [3.63, 3.8) is 0 Å². The maximum Gasteiger partial charge on any atom is 0.191 e. The Labute approximate surface area is 148 Å². The first kappa shape index (κ1) is 19.0. The molecule has 1 fully saturated rings. The Morgan fingerprint density at radius 3 is 2.64 bits per heavy atom. The van der Waals surface area contributed by atoms with Crippen LogP contribution in [0.1, 0.15) is 26.2 Å². The lowest BCUT2D eigenvalue weighted by molar-refractivity contribution is 0.310. The molecule has 0 spiro atoms. The molecule has 2 rings (SSSR count). The molecule has 1 aliphatic rings. The number of hydrogen-bond donors (Lipinski definition) is 2. The van der Waals surface area contributed by atoms with Crippen molar-refractivity contribution < 1.29 is 9.13 Å². The third-order valence-electron chi connectivity index (χ3n) is 3.24. The van der Waals surface area contributed by atoms with Gasteiger partial charge in [-0.05, 0) is 56.4 Å². The van der Waals surface area contributed by atoms with Crippen molar-refractivity contribution in [3.05, 3.63) is 30.1 Å². The predicted octanol–water partition coefficient (Wildman–Crippen LogP) is 3.18. The summed E-state index contributed by atoms with van der Waals surface area (Å²) in [6.07, 6.45) is 3.49. The highest BCUT2D eigenvalue weighted by Gasteiger charge is 2.20. The normalized spacial score (nSPS) is 14.2. The van der Waals surface area contributed by atoms with Crippen molar-refractivity contribution in [2.75, 3.05) is 26.2 Å². The van der Waals surface area contributed by atoms with E-state index in [0.717, 1.165) is 37.9 Å². The van der Waals surface area contributed by atoms with E-state index < -0.39 is 0 Å². The lowest BCUT2D eigenvalue weighted by atomic mass is 10.3. The second-order valence-corrected chi connectivity index (χ2v) is 5.25. The molecular weight excluding hydrogens is 396 g/mol. The molecule has 0 atom stereocenters. The number of benzene rings is 1. The molecule has 2 N–H and O–H groups in total. The zero-order valence-electron chi connectivity index (χ0n) is 13.0. The third-order valence-corrected chi connectivity index (χ3v) is 3.24. The van der Waals surface area contributed by atoms with Gasteiger partial charge in [0, 0.05) is 19.6 Å². The summed E-state index contributed by atoms with van der Waals surface area (Å²) in [7, 11) is 0. The molecule has 0 bridgehead atoms. The van der Waals surface area contributed by atoms with Crippen molar-refractivity contribution in [3.8, 4) is 5.75 Å². The summed E-state index contributed by atoms with van der Waals surface area (Å²) in [6.45, 7) is 5.24. The predicted molar refractivity (Wildman–Crippen MR) is 98.6 cm³/mol. The molecular formula is C16H25FIN3O. The highest BCUT2D eigenvalue weighted by molar-refractivity contribution is 14.0. The number of hydrogen-bond acceptors (Lipinski definition) is 2. The molecule has 0 unspecified atom stereocenters. The van der Waals surface area contributed by atoms with Crippen molar-refractivity contribution in [1.29, 1.82) is 0 Å². The number of halogens is 2. The van der Waals surface area contributed by atoms with Crippen LogP contribution < -0.4 is 15.4 Å². The average molecular weight is 421 g/mol. The molecule has 4 nitrogen and oxygen atoms in total. The second-order valence-electron chi connectivity index (χ2n) is 5.25. The SMILES string of the molecule is CCNC(=NCC1CC1)NCCCOc1ccc(F)cc1.I. The summed E-state index contributed by atoms with van der Waals surface area (Å²) in [5, 5.41) is 6.54. The van der Waals surface area contributed by atoms with Gasteiger partial charge in [-0.3, -0.25) is 4.99 Å². The summed E-state index contributed by atoms with van der Waals surface area (Å²) < 4.78 is 18.3. The van der Waals surface area contributed by atoms with Crippen LogP contribution in [0.3, 0.4) is 0 Å². The molecule has 6 heteroatoms. The summed E-state index contributed by atoms with van der Waals surface area (Å²) >= 11 is 0. The second kappa shape index (κ2) is 10.6. The van der Waals surface area contributed by atoms with Crippen LogP contribution in [0.4, 0.5) is 4.39 Å². The van der Waals surface area contributed by atoms with E-state index in [9.17, 15) is 4.39 Å². The fourth-order valence-electron chi connectivity index (χ4n) is 1.86. The number of aliphatic imine (C=N–C) groups is 1. The highest BCUT2D eigenvalue weighted by atomic mass is 127.